The van der Waals surface area contributed by atoms with Crippen molar-refractivity contribution in [3.63, 3.8) is 0 Å². The molecule has 1 saturated carbocycles. The molecule has 3 aromatic rings. The molecular formula is C19H23N5O. The predicted molar refractivity (Wildman–Crippen MR) is 95.5 cm³/mol. The summed E-state index contributed by atoms with van der Waals surface area (Å²) in [5.74, 6) is 0.00602. The van der Waals surface area contributed by atoms with Gasteiger partial charge in [0.2, 0.25) is 0 Å². The fourth-order valence-corrected chi connectivity index (χ4v) is 3.30. The first-order valence-corrected chi connectivity index (χ1v) is 8.69. The number of hydrogen-bond donors (Lipinski definition) is 0. The minimum atomic E-state index is 0.00602. The molecule has 0 saturated heterocycles. The zero-order valence-corrected chi connectivity index (χ0v) is 15.2. The summed E-state index contributed by atoms with van der Waals surface area (Å²) >= 11 is 0. The number of imidazole rings is 1. The largest absolute Gasteiger partial charge is 0.330 e. The molecule has 1 aliphatic carbocycles. The maximum Gasteiger partial charge on any atom is 0.274 e. The highest BCUT2D eigenvalue weighted by Gasteiger charge is 2.35. The Bertz CT molecular complexity index is 964. The van der Waals surface area contributed by atoms with Crippen molar-refractivity contribution in [1.82, 2.24) is 24.1 Å². The van der Waals surface area contributed by atoms with E-state index in [1.54, 1.807) is 0 Å². The van der Waals surface area contributed by atoms with E-state index in [-0.39, 0.29) is 5.91 Å². The van der Waals surface area contributed by atoms with Gasteiger partial charge in [0.15, 0.2) is 0 Å². The number of rotatable bonds is 4. The highest BCUT2D eigenvalue weighted by Crippen LogP contribution is 2.31. The van der Waals surface area contributed by atoms with Gasteiger partial charge < -0.3 is 9.30 Å². The van der Waals surface area contributed by atoms with Crippen LogP contribution in [-0.2, 0) is 13.6 Å². The van der Waals surface area contributed by atoms with Gasteiger partial charge in [0.05, 0.1) is 5.69 Å². The Hall–Kier alpha value is -2.63. The van der Waals surface area contributed by atoms with Gasteiger partial charge in [0.25, 0.3) is 5.91 Å². The van der Waals surface area contributed by atoms with Crippen molar-refractivity contribution < 1.29 is 4.79 Å². The smallest absolute Gasteiger partial charge is 0.274 e. The summed E-state index contributed by atoms with van der Waals surface area (Å²) in [5.41, 5.74) is 5.70. The van der Waals surface area contributed by atoms with Crippen molar-refractivity contribution >= 4 is 11.6 Å². The van der Waals surface area contributed by atoms with Crippen LogP contribution >= 0.6 is 0 Å². The number of amides is 1. The zero-order valence-electron chi connectivity index (χ0n) is 15.2. The summed E-state index contributed by atoms with van der Waals surface area (Å²) in [6.07, 6.45) is 5.91. The van der Waals surface area contributed by atoms with Gasteiger partial charge in [0.1, 0.15) is 11.3 Å². The summed E-state index contributed by atoms with van der Waals surface area (Å²) < 4.78 is 3.79. The summed E-state index contributed by atoms with van der Waals surface area (Å²) in [6.45, 7) is 6.69. The number of carbonyl (C=O) groups is 1. The summed E-state index contributed by atoms with van der Waals surface area (Å²) in [6, 6.07) is 4.33. The van der Waals surface area contributed by atoms with E-state index in [2.05, 4.69) is 17.0 Å². The molecule has 0 unspecified atom stereocenters. The molecule has 6 nitrogen and oxygen atoms in total. The summed E-state index contributed by atoms with van der Waals surface area (Å²) in [5, 5.41) is 4.48. The van der Waals surface area contributed by atoms with Gasteiger partial charge >= 0.3 is 0 Å². The zero-order chi connectivity index (χ0) is 17.7. The molecule has 0 bridgehead atoms. The fraction of sp³-hybridized carbons (Fsp3) is 0.421. The molecule has 6 heteroatoms. The van der Waals surface area contributed by atoms with Crippen LogP contribution in [0.4, 0.5) is 0 Å². The molecule has 0 aliphatic heterocycles. The van der Waals surface area contributed by atoms with Gasteiger partial charge in [-0.2, -0.15) is 5.10 Å². The summed E-state index contributed by atoms with van der Waals surface area (Å²) in [4.78, 5) is 19.6. The molecule has 0 atom stereocenters. The van der Waals surface area contributed by atoms with E-state index in [9.17, 15) is 4.79 Å². The normalized spacial score (nSPS) is 14.2. The average Bonchev–Trinajstić information content (AvgIpc) is 3.27. The fourth-order valence-electron chi connectivity index (χ4n) is 3.30. The number of fused-ring (bicyclic) bond motifs is 1. The second-order valence-corrected chi connectivity index (χ2v) is 7.03. The number of pyridine rings is 1. The van der Waals surface area contributed by atoms with Gasteiger partial charge in [-0.05, 0) is 51.3 Å². The lowest BCUT2D eigenvalue weighted by Crippen LogP contribution is -2.33. The van der Waals surface area contributed by atoms with E-state index < -0.39 is 0 Å². The van der Waals surface area contributed by atoms with Crippen LogP contribution in [0.3, 0.4) is 0 Å². The van der Waals surface area contributed by atoms with Gasteiger partial charge in [-0.15, -0.1) is 0 Å². The van der Waals surface area contributed by atoms with Crippen LogP contribution in [0.25, 0.3) is 5.65 Å². The average molecular weight is 337 g/mol. The maximum atomic E-state index is 13.1. The van der Waals surface area contributed by atoms with E-state index in [0.717, 1.165) is 41.0 Å². The first kappa shape index (κ1) is 15.9. The highest BCUT2D eigenvalue weighted by atomic mass is 16.2. The van der Waals surface area contributed by atoms with Crippen LogP contribution < -0.4 is 0 Å². The van der Waals surface area contributed by atoms with Crippen LogP contribution in [0.1, 0.15) is 45.8 Å². The Balaban J connectivity index is 1.66. The predicted octanol–water partition coefficient (Wildman–Crippen LogP) is 2.80. The second kappa shape index (κ2) is 5.72. The molecule has 0 spiro atoms. The molecule has 3 aromatic heterocycles. The topological polar surface area (TPSA) is 55.4 Å². The van der Waals surface area contributed by atoms with Crippen LogP contribution in [0.15, 0.2) is 24.5 Å². The lowest BCUT2D eigenvalue weighted by molar-refractivity contribution is 0.0724. The molecule has 1 aliphatic rings. The standard InChI is InChI=1S/C19H23N5O/c1-12-7-8-23-11-17(20-18(23)9-12)19(25)24(15-5-6-15)10-16-13(2)21-22(4)14(16)3/h7-9,11,15H,5-6,10H2,1-4H3. The lowest BCUT2D eigenvalue weighted by Gasteiger charge is -2.21. The minimum Gasteiger partial charge on any atom is -0.330 e. The molecule has 1 fully saturated rings. The molecule has 3 heterocycles. The first-order valence-electron chi connectivity index (χ1n) is 8.69. The molecule has 25 heavy (non-hydrogen) atoms. The van der Waals surface area contributed by atoms with Crippen molar-refractivity contribution in [3.8, 4) is 0 Å². The Morgan fingerprint density at radius 3 is 2.72 bits per heavy atom. The monoisotopic (exact) mass is 337 g/mol. The SMILES string of the molecule is Cc1ccn2cc(C(=O)N(Cc3c(C)nn(C)c3C)C3CC3)nc2c1. The molecular weight excluding hydrogens is 314 g/mol. The van der Waals surface area contributed by atoms with Gasteiger partial charge in [0, 0.05) is 43.3 Å². The number of aromatic nitrogens is 4. The third-order valence-electron chi connectivity index (χ3n) is 5.07. The Morgan fingerprint density at radius 1 is 1.32 bits per heavy atom. The maximum absolute atomic E-state index is 13.1. The van der Waals surface area contributed by atoms with Crippen molar-refractivity contribution in [3.05, 3.63) is 52.7 Å². The number of aryl methyl sites for hydroxylation is 3. The number of carbonyl (C=O) groups excluding carboxylic acids is 1. The van der Waals surface area contributed by atoms with E-state index in [0.29, 0.717) is 18.3 Å². The summed E-state index contributed by atoms with van der Waals surface area (Å²) in [7, 11) is 1.94. The Morgan fingerprint density at radius 2 is 2.08 bits per heavy atom. The van der Waals surface area contributed by atoms with Crippen LogP contribution in [-0.4, -0.2) is 36.0 Å². The quantitative estimate of drug-likeness (QED) is 0.735. The molecule has 0 radical (unpaired) electrons. The van der Waals surface area contributed by atoms with Crippen molar-refractivity contribution in [2.45, 2.75) is 46.2 Å². The van der Waals surface area contributed by atoms with Crippen molar-refractivity contribution in [1.29, 1.82) is 0 Å². The van der Waals surface area contributed by atoms with E-state index in [4.69, 9.17) is 0 Å². The molecule has 4 rings (SSSR count). The van der Waals surface area contributed by atoms with Gasteiger partial charge in [-0.25, -0.2) is 4.98 Å². The van der Waals surface area contributed by atoms with E-state index >= 15 is 0 Å². The second-order valence-electron chi connectivity index (χ2n) is 7.03. The number of hydrogen-bond acceptors (Lipinski definition) is 3. The van der Waals surface area contributed by atoms with Crippen molar-refractivity contribution in [2.75, 3.05) is 0 Å². The molecule has 0 N–H and O–H groups in total. The van der Waals surface area contributed by atoms with Crippen LogP contribution in [0.5, 0.6) is 0 Å². The van der Waals surface area contributed by atoms with Gasteiger partial charge in [-0.3, -0.25) is 9.48 Å². The first-order chi connectivity index (χ1) is 11.9. The van der Waals surface area contributed by atoms with Crippen molar-refractivity contribution in [2.24, 2.45) is 7.05 Å². The molecule has 0 aromatic carbocycles. The third kappa shape index (κ3) is 2.81. The van der Waals surface area contributed by atoms with Crippen LogP contribution in [0.2, 0.25) is 0 Å². The Kier molecular flexibility index (Phi) is 3.63. The van der Waals surface area contributed by atoms with Gasteiger partial charge in [-0.1, -0.05) is 0 Å². The van der Waals surface area contributed by atoms with Crippen LogP contribution in [0, 0.1) is 20.8 Å². The lowest BCUT2D eigenvalue weighted by atomic mass is 10.1. The molecule has 1 amide bonds. The number of nitrogens with zero attached hydrogens (tertiary/aromatic N) is 5. The Labute approximate surface area is 147 Å². The third-order valence-corrected chi connectivity index (χ3v) is 5.07. The van der Waals surface area contributed by atoms with E-state index in [1.807, 2.05) is 59.4 Å². The highest BCUT2D eigenvalue weighted by molar-refractivity contribution is 5.93. The minimum absolute atomic E-state index is 0.00602. The van der Waals surface area contributed by atoms with E-state index in [1.165, 1.54) is 0 Å². The molecule has 130 valence electrons.